The van der Waals surface area contributed by atoms with E-state index in [1.165, 1.54) is 18.2 Å². The molecule has 1 unspecified atom stereocenters. The smallest absolute Gasteiger partial charge is 0.417 e. The van der Waals surface area contributed by atoms with Gasteiger partial charge in [-0.15, -0.1) is 0 Å². The maximum atomic E-state index is 13.0. The average Bonchev–Trinajstić information content (AvgIpc) is 2.75. The molecule has 0 aliphatic rings. The fourth-order valence-electron chi connectivity index (χ4n) is 1.89. The number of hydrogen-bond acceptors (Lipinski definition) is 2. The average molecular weight is 349 g/mol. The van der Waals surface area contributed by atoms with Crippen LogP contribution in [0.5, 0.6) is 0 Å². The Morgan fingerprint density at radius 3 is 2.55 bits per heavy atom. The van der Waals surface area contributed by atoms with E-state index in [4.69, 9.17) is 4.42 Å². The van der Waals surface area contributed by atoms with Gasteiger partial charge >= 0.3 is 6.18 Å². The lowest BCUT2D eigenvalue weighted by atomic mass is 10.1. The first-order chi connectivity index (χ1) is 9.27. The van der Waals surface area contributed by atoms with Gasteiger partial charge in [-0.05, 0) is 37.3 Å². The molecule has 1 N–H and O–H groups in total. The van der Waals surface area contributed by atoms with Crippen molar-refractivity contribution in [3.8, 4) is 11.3 Å². The molecule has 0 radical (unpaired) electrons. The normalized spacial score (nSPS) is 13.5. The highest BCUT2D eigenvalue weighted by molar-refractivity contribution is 9.10. The van der Waals surface area contributed by atoms with E-state index in [9.17, 15) is 18.3 Å². The van der Waals surface area contributed by atoms with E-state index in [1.807, 2.05) is 0 Å². The molecule has 2 rings (SSSR count). The van der Waals surface area contributed by atoms with Crippen molar-refractivity contribution in [2.75, 3.05) is 0 Å². The van der Waals surface area contributed by atoms with Gasteiger partial charge in [0.15, 0.2) is 0 Å². The summed E-state index contributed by atoms with van der Waals surface area (Å²) in [5.41, 5.74) is -0.776. The SMILES string of the molecule is CC(O)Cc1ccc(-c2ccc(Br)cc2C(F)(F)F)o1. The minimum atomic E-state index is -4.46. The first-order valence-corrected chi connectivity index (χ1v) is 6.70. The van der Waals surface area contributed by atoms with Gasteiger partial charge in [0.2, 0.25) is 0 Å². The summed E-state index contributed by atoms with van der Waals surface area (Å²) in [7, 11) is 0. The molecular weight excluding hydrogens is 337 g/mol. The lowest BCUT2D eigenvalue weighted by Crippen LogP contribution is -2.07. The van der Waals surface area contributed by atoms with Crippen LogP contribution in [0.1, 0.15) is 18.2 Å². The number of aliphatic hydroxyl groups is 1. The molecule has 0 spiro atoms. The molecule has 0 saturated heterocycles. The number of alkyl halides is 3. The van der Waals surface area contributed by atoms with Crippen molar-refractivity contribution >= 4 is 15.9 Å². The predicted octanol–water partition coefficient (Wildman–Crippen LogP) is 4.65. The lowest BCUT2D eigenvalue weighted by Gasteiger charge is -2.11. The zero-order chi connectivity index (χ0) is 14.9. The van der Waals surface area contributed by atoms with Crippen LogP contribution in [0, 0.1) is 0 Å². The summed E-state index contributed by atoms with van der Waals surface area (Å²) in [6.07, 6.45) is -4.81. The van der Waals surface area contributed by atoms with Gasteiger partial charge in [-0.2, -0.15) is 13.2 Å². The molecule has 2 nitrogen and oxygen atoms in total. The standard InChI is InChI=1S/C14H12BrF3O2/c1-8(19)6-10-3-5-13(20-10)11-4-2-9(15)7-12(11)14(16,17)18/h2-5,7-8,19H,6H2,1H3. The third-order valence-electron chi connectivity index (χ3n) is 2.71. The third kappa shape index (κ3) is 3.43. The first kappa shape index (κ1) is 15.1. The maximum Gasteiger partial charge on any atom is 0.417 e. The Kier molecular flexibility index (Phi) is 4.25. The predicted molar refractivity (Wildman–Crippen MR) is 72.2 cm³/mol. The van der Waals surface area contributed by atoms with Crippen LogP contribution in [0.2, 0.25) is 0 Å². The highest BCUT2D eigenvalue weighted by Crippen LogP contribution is 2.39. The van der Waals surface area contributed by atoms with Crippen molar-refractivity contribution in [1.29, 1.82) is 0 Å². The van der Waals surface area contributed by atoms with E-state index < -0.39 is 17.8 Å². The van der Waals surface area contributed by atoms with Gasteiger partial charge in [0, 0.05) is 16.5 Å². The molecular formula is C14H12BrF3O2. The third-order valence-corrected chi connectivity index (χ3v) is 3.20. The van der Waals surface area contributed by atoms with Crippen LogP contribution >= 0.6 is 15.9 Å². The highest BCUT2D eigenvalue weighted by atomic mass is 79.9. The summed E-state index contributed by atoms with van der Waals surface area (Å²) in [5, 5.41) is 9.26. The number of halogens is 4. The van der Waals surface area contributed by atoms with Crippen molar-refractivity contribution in [3.05, 3.63) is 46.1 Å². The molecule has 0 aliphatic heterocycles. The Morgan fingerprint density at radius 1 is 1.25 bits per heavy atom. The van der Waals surface area contributed by atoms with Crippen molar-refractivity contribution in [2.45, 2.75) is 25.6 Å². The number of furan rings is 1. The number of hydrogen-bond donors (Lipinski definition) is 1. The molecule has 0 bridgehead atoms. The van der Waals surface area contributed by atoms with Crippen LogP contribution in [0.25, 0.3) is 11.3 Å². The molecule has 20 heavy (non-hydrogen) atoms. The van der Waals surface area contributed by atoms with E-state index in [2.05, 4.69) is 15.9 Å². The zero-order valence-corrected chi connectivity index (χ0v) is 12.1. The van der Waals surface area contributed by atoms with Gasteiger partial charge < -0.3 is 9.52 Å². The van der Waals surface area contributed by atoms with E-state index in [0.717, 1.165) is 6.07 Å². The number of benzene rings is 1. The zero-order valence-electron chi connectivity index (χ0n) is 10.5. The van der Waals surface area contributed by atoms with Gasteiger partial charge in [-0.3, -0.25) is 0 Å². The summed E-state index contributed by atoms with van der Waals surface area (Å²) in [5.74, 6) is 0.589. The second-order valence-corrected chi connectivity index (χ2v) is 5.42. The first-order valence-electron chi connectivity index (χ1n) is 5.91. The maximum absolute atomic E-state index is 13.0. The summed E-state index contributed by atoms with van der Waals surface area (Å²) >= 11 is 3.04. The van der Waals surface area contributed by atoms with Gasteiger partial charge in [-0.1, -0.05) is 15.9 Å². The molecule has 0 fully saturated rings. The number of aliphatic hydroxyl groups excluding tert-OH is 1. The van der Waals surface area contributed by atoms with Gasteiger partial charge in [0.1, 0.15) is 11.5 Å². The Labute approximate surface area is 122 Å². The molecule has 0 aliphatic carbocycles. The molecule has 0 saturated carbocycles. The van der Waals surface area contributed by atoms with Crippen LogP contribution in [0.4, 0.5) is 13.2 Å². The minimum absolute atomic E-state index is 0.0162. The number of rotatable bonds is 3. The van der Waals surface area contributed by atoms with Crippen molar-refractivity contribution < 1.29 is 22.7 Å². The van der Waals surface area contributed by atoms with E-state index in [-0.39, 0.29) is 17.7 Å². The molecule has 0 amide bonds. The Bertz CT molecular complexity index is 603. The Morgan fingerprint density at radius 2 is 1.95 bits per heavy atom. The quantitative estimate of drug-likeness (QED) is 0.875. The fourth-order valence-corrected chi connectivity index (χ4v) is 2.25. The monoisotopic (exact) mass is 348 g/mol. The summed E-state index contributed by atoms with van der Waals surface area (Å²) in [6, 6.07) is 6.96. The van der Waals surface area contributed by atoms with Gasteiger partial charge in [0.25, 0.3) is 0 Å². The van der Waals surface area contributed by atoms with Gasteiger partial charge in [-0.25, -0.2) is 0 Å². The van der Waals surface area contributed by atoms with Crippen LogP contribution in [0.3, 0.4) is 0 Å². The fraction of sp³-hybridized carbons (Fsp3) is 0.286. The molecule has 1 heterocycles. The minimum Gasteiger partial charge on any atom is -0.461 e. The van der Waals surface area contributed by atoms with E-state index in [1.54, 1.807) is 13.0 Å². The molecule has 1 atom stereocenters. The van der Waals surface area contributed by atoms with E-state index >= 15 is 0 Å². The second kappa shape index (κ2) is 5.61. The summed E-state index contributed by atoms with van der Waals surface area (Å²) < 4.78 is 44.8. The Hall–Kier alpha value is -1.27. The largest absolute Gasteiger partial charge is 0.461 e. The van der Waals surface area contributed by atoms with Crippen LogP contribution in [0.15, 0.2) is 39.2 Å². The van der Waals surface area contributed by atoms with Crippen LogP contribution in [-0.2, 0) is 12.6 Å². The van der Waals surface area contributed by atoms with Crippen molar-refractivity contribution in [1.82, 2.24) is 0 Å². The topological polar surface area (TPSA) is 33.4 Å². The van der Waals surface area contributed by atoms with Crippen molar-refractivity contribution in [3.63, 3.8) is 0 Å². The van der Waals surface area contributed by atoms with Crippen LogP contribution in [-0.4, -0.2) is 11.2 Å². The van der Waals surface area contributed by atoms with Crippen molar-refractivity contribution in [2.24, 2.45) is 0 Å². The Balaban J connectivity index is 2.45. The molecule has 2 aromatic rings. The summed E-state index contributed by atoms with van der Waals surface area (Å²) in [4.78, 5) is 0. The molecule has 6 heteroatoms. The second-order valence-electron chi connectivity index (χ2n) is 4.51. The van der Waals surface area contributed by atoms with E-state index in [0.29, 0.717) is 10.2 Å². The van der Waals surface area contributed by atoms with Crippen LogP contribution < -0.4 is 0 Å². The molecule has 1 aromatic heterocycles. The molecule has 108 valence electrons. The lowest BCUT2D eigenvalue weighted by molar-refractivity contribution is -0.137. The highest BCUT2D eigenvalue weighted by Gasteiger charge is 2.34. The summed E-state index contributed by atoms with van der Waals surface area (Å²) in [6.45, 7) is 1.59. The van der Waals surface area contributed by atoms with Gasteiger partial charge in [0.05, 0.1) is 11.7 Å². The molecule has 1 aromatic carbocycles.